The molecule has 94 valence electrons. The molecule has 0 saturated carbocycles. The van der Waals surface area contributed by atoms with Gasteiger partial charge in [0.05, 0.1) is 6.61 Å². The van der Waals surface area contributed by atoms with Crippen molar-refractivity contribution in [1.29, 1.82) is 0 Å². The molecular weight excluding hydrogens is 216 g/mol. The Morgan fingerprint density at radius 1 is 1.41 bits per heavy atom. The number of nitrogens with zero attached hydrogens (tertiary/aromatic N) is 1. The Morgan fingerprint density at radius 2 is 2.12 bits per heavy atom. The summed E-state index contributed by atoms with van der Waals surface area (Å²) < 4.78 is 5.00. The summed E-state index contributed by atoms with van der Waals surface area (Å²) in [6.07, 6.45) is 3.66. The Balaban J connectivity index is 2.87. The second-order valence-corrected chi connectivity index (χ2v) is 3.78. The average molecular weight is 236 g/mol. The first-order valence-electron chi connectivity index (χ1n) is 6.11. The van der Waals surface area contributed by atoms with Crippen molar-refractivity contribution in [3.63, 3.8) is 0 Å². The zero-order valence-corrected chi connectivity index (χ0v) is 10.7. The molecule has 0 fully saturated rings. The number of esters is 1. The summed E-state index contributed by atoms with van der Waals surface area (Å²) in [7, 11) is 0. The number of rotatable bonds is 6. The SMILES string of the molecule is CCOC(=O)c1cccnc1NC(CC)CC. The largest absolute Gasteiger partial charge is 0.462 e. The standard InChI is InChI=1S/C13H20N2O2/c1-4-10(5-2)15-12-11(8-7-9-14-12)13(16)17-6-3/h7-10H,4-6H2,1-3H3,(H,14,15). The van der Waals surface area contributed by atoms with E-state index >= 15 is 0 Å². The van der Waals surface area contributed by atoms with Crippen LogP contribution in [0.25, 0.3) is 0 Å². The minimum atomic E-state index is -0.325. The Kier molecular flexibility index (Phi) is 5.46. The quantitative estimate of drug-likeness (QED) is 0.772. The summed E-state index contributed by atoms with van der Waals surface area (Å²) in [6, 6.07) is 3.80. The van der Waals surface area contributed by atoms with Gasteiger partial charge in [-0.05, 0) is 31.9 Å². The number of anilines is 1. The van der Waals surface area contributed by atoms with Gasteiger partial charge in [0, 0.05) is 12.2 Å². The van der Waals surface area contributed by atoms with Gasteiger partial charge in [0.1, 0.15) is 11.4 Å². The van der Waals surface area contributed by atoms with Crippen LogP contribution in [0.3, 0.4) is 0 Å². The third-order valence-corrected chi connectivity index (χ3v) is 2.63. The van der Waals surface area contributed by atoms with E-state index in [-0.39, 0.29) is 5.97 Å². The molecule has 0 unspecified atom stereocenters. The molecule has 1 heterocycles. The molecule has 17 heavy (non-hydrogen) atoms. The van der Waals surface area contributed by atoms with Crippen LogP contribution in [0.1, 0.15) is 44.0 Å². The third kappa shape index (κ3) is 3.73. The van der Waals surface area contributed by atoms with Crippen molar-refractivity contribution in [3.05, 3.63) is 23.9 Å². The molecule has 4 heteroatoms. The molecule has 1 aromatic heterocycles. The zero-order valence-electron chi connectivity index (χ0n) is 10.7. The van der Waals surface area contributed by atoms with Crippen molar-refractivity contribution < 1.29 is 9.53 Å². The smallest absolute Gasteiger partial charge is 0.341 e. The van der Waals surface area contributed by atoms with Crippen LogP contribution in [0.5, 0.6) is 0 Å². The predicted molar refractivity (Wildman–Crippen MR) is 68.2 cm³/mol. The number of nitrogens with one attached hydrogen (secondary N) is 1. The van der Waals surface area contributed by atoms with Crippen molar-refractivity contribution >= 4 is 11.8 Å². The Labute approximate surface area is 102 Å². The van der Waals surface area contributed by atoms with Crippen LogP contribution in [0.4, 0.5) is 5.82 Å². The van der Waals surface area contributed by atoms with E-state index in [9.17, 15) is 4.79 Å². The minimum Gasteiger partial charge on any atom is -0.462 e. The Bertz CT molecular complexity index is 362. The molecular formula is C13H20N2O2. The molecule has 0 aliphatic carbocycles. The van der Waals surface area contributed by atoms with Crippen LogP contribution in [0.2, 0.25) is 0 Å². The van der Waals surface area contributed by atoms with Crippen LogP contribution >= 0.6 is 0 Å². The zero-order chi connectivity index (χ0) is 12.7. The highest BCUT2D eigenvalue weighted by atomic mass is 16.5. The monoisotopic (exact) mass is 236 g/mol. The number of pyridine rings is 1. The van der Waals surface area contributed by atoms with Crippen molar-refractivity contribution in [2.75, 3.05) is 11.9 Å². The van der Waals surface area contributed by atoms with Crippen LogP contribution in [0, 0.1) is 0 Å². The Hall–Kier alpha value is -1.58. The van der Waals surface area contributed by atoms with Crippen molar-refractivity contribution in [2.45, 2.75) is 39.7 Å². The van der Waals surface area contributed by atoms with Gasteiger partial charge in [-0.15, -0.1) is 0 Å². The lowest BCUT2D eigenvalue weighted by Gasteiger charge is -2.17. The highest BCUT2D eigenvalue weighted by molar-refractivity contribution is 5.94. The normalized spacial score (nSPS) is 10.4. The minimum absolute atomic E-state index is 0.325. The summed E-state index contributed by atoms with van der Waals surface area (Å²) >= 11 is 0. The van der Waals surface area contributed by atoms with E-state index in [1.54, 1.807) is 25.3 Å². The maximum Gasteiger partial charge on any atom is 0.341 e. The maximum absolute atomic E-state index is 11.7. The first kappa shape index (κ1) is 13.5. The molecule has 0 aromatic carbocycles. The maximum atomic E-state index is 11.7. The van der Waals surface area contributed by atoms with Gasteiger partial charge < -0.3 is 10.1 Å². The van der Waals surface area contributed by atoms with E-state index in [1.165, 1.54) is 0 Å². The summed E-state index contributed by atoms with van der Waals surface area (Å²) in [4.78, 5) is 15.9. The molecule has 0 aliphatic heterocycles. The summed E-state index contributed by atoms with van der Waals surface area (Å²) in [5, 5.41) is 3.27. The van der Waals surface area contributed by atoms with Gasteiger partial charge in [0.25, 0.3) is 0 Å². The van der Waals surface area contributed by atoms with Gasteiger partial charge in [-0.1, -0.05) is 13.8 Å². The van der Waals surface area contributed by atoms with E-state index in [0.717, 1.165) is 12.8 Å². The first-order valence-corrected chi connectivity index (χ1v) is 6.11. The summed E-state index contributed by atoms with van der Waals surface area (Å²) in [5.41, 5.74) is 0.501. The number of carbonyl (C=O) groups excluding carboxylic acids is 1. The molecule has 1 N–H and O–H groups in total. The third-order valence-electron chi connectivity index (χ3n) is 2.63. The highest BCUT2D eigenvalue weighted by Crippen LogP contribution is 2.15. The van der Waals surface area contributed by atoms with Crippen LogP contribution < -0.4 is 5.32 Å². The van der Waals surface area contributed by atoms with Crippen LogP contribution in [-0.4, -0.2) is 23.6 Å². The van der Waals surface area contributed by atoms with E-state index in [4.69, 9.17) is 4.74 Å². The van der Waals surface area contributed by atoms with Crippen LogP contribution in [0.15, 0.2) is 18.3 Å². The lowest BCUT2D eigenvalue weighted by Crippen LogP contribution is -2.20. The van der Waals surface area contributed by atoms with Crippen LogP contribution in [-0.2, 0) is 4.74 Å². The number of aromatic nitrogens is 1. The van der Waals surface area contributed by atoms with E-state index in [0.29, 0.717) is 24.0 Å². The average Bonchev–Trinajstić information content (AvgIpc) is 2.36. The van der Waals surface area contributed by atoms with Crippen molar-refractivity contribution in [3.8, 4) is 0 Å². The van der Waals surface area contributed by atoms with Gasteiger partial charge in [-0.3, -0.25) is 0 Å². The van der Waals surface area contributed by atoms with Gasteiger partial charge in [0.2, 0.25) is 0 Å². The molecule has 0 atom stereocenters. The molecule has 0 amide bonds. The number of hydrogen-bond acceptors (Lipinski definition) is 4. The number of ether oxygens (including phenoxy) is 1. The fourth-order valence-electron chi connectivity index (χ4n) is 1.58. The topological polar surface area (TPSA) is 51.2 Å². The summed E-state index contributed by atoms with van der Waals surface area (Å²) in [5.74, 6) is 0.286. The molecule has 0 aliphatic rings. The molecule has 0 spiro atoms. The van der Waals surface area contributed by atoms with Gasteiger partial charge in [-0.25, -0.2) is 9.78 Å². The number of hydrogen-bond donors (Lipinski definition) is 1. The fourth-order valence-corrected chi connectivity index (χ4v) is 1.58. The van der Waals surface area contributed by atoms with Crippen molar-refractivity contribution in [2.24, 2.45) is 0 Å². The number of carbonyl (C=O) groups is 1. The second kappa shape index (κ2) is 6.89. The summed E-state index contributed by atoms with van der Waals surface area (Å²) in [6.45, 7) is 6.38. The lowest BCUT2D eigenvalue weighted by atomic mass is 10.1. The molecule has 0 bridgehead atoms. The fraction of sp³-hybridized carbons (Fsp3) is 0.538. The molecule has 1 rings (SSSR count). The van der Waals surface area contributed by atoms with Gasteiger partial charge in [-0.2, -0.15) is 0 Å². The molecule has 0 radical (unpaired) electrons. The first-order chi connectivity index (χ1) is 8.22. The van der Waals surface area contributed by atoms with Crippen molar-refractivity contribution in [1.82, 2.24) is 4.98 Å². The van der Waals surface area contributed by atoms with E-state index < -0.39 is 0 Å². The highest BCUT2D eigenvalue weighted by Gasteiger charge is 2.14. The van der Waals surface area contributed by atoms with Gasteiger partial charge >= 0.3 is 5.97 Å². The molecule has 4 nitrogen and oxygen atoms in total. The van der Waals surface area contributed by atoms with Gasteiger partial charge in [0.15, 0.2) is 0 Å². The van der Waals surface area contributed by atoms with E-state index in [2.05, 4.69) is 24.1 Å². The molecule has 1 aromatic rings. The molecule has 0 saturated heterocycles. The van der Waals surface area contributed by atoms with E-state index in [1.807, 2.05) is 0 Å². The Morgan fingerprint density at radius 3 is 2.71 bits per heavy atom. The predicted octanol–water partition coefficient (Wildman–Crippen LogP) is 2.86. The second-order valence-electron chi connectivity index (χ2n) is 3.78. The lowest BCUT2D eigenvalue weighted by molar-refractivity contribution is 0.0527.